The van der Waals surface area contributed by atoms with Crippen LogP contribution in [0.2, 0.25) is 0 Å². The highest BCUT2D eigenvalue weighted by atomic mass is 31.1. The predicted octanol–water partition coefficient (Wildman–Crippen LogP) is 8.82. The zero-order valence-electron chi connectivity index (χ0n) is 19.5. The molecule has 28 heavy (non-hydrogen) atoms. The second-order valence-electron chi connectivity index (χ2n) is 8.46. The average molecular weight is 421 g/mol. The van der Waals surface area contributed by atoms with E-state index < -0.39 is 8.25 Å². The highest BCUT2D eigenvalue weighted by molar-refractivity contribution is 7.30. The molecule has 3 nitrogen and oxygen atoms in total. The van der Waals surface area contributed by atoms with Crippen LogP contribution in [-0.2, 0) is 4.57 Å². The first-order valence-corrected chi connectivity index (χ1v) is 13.8. The molecule has 0 saturated carbocycles. The Morgan fingerprint density at radius 2 is 0.714 bits per heavy atom. The van der Waals surface area contributed by atoms with Crippen molar-refractivity contribution in [2.75, 3.05) is 0 Å². The zero-order chi connectivity index (χ0) is 21.3. The van der Waals surface area contributed by atoms with E-state index in [1.54, 1.807) is 0 Å². The number of unbranched alkanes of at least 4 members (excludes halogenated alkanes) is 14. The van der Waals surface area contributed by atoms with Crippen LogP contribution >= 0.6 is 8.25 Å². The molecule has 0 aliphatic rings. The van der Waals surface area contributed by atoms with Crippen LogP contribution in [0.5, 0.6) is 0 Å². The lowest BCUT2D eigenvalue weighted by Crippen LogP contribution is -2.01. The summed E-state index contributed by atoms with van der Waals surface area (Å²) in [6, 6.07) is 0. The van der Waals surface area contributed by atoms with E-state index in [2.05, 4.69) is 20.8 Å². The Balaban J connectivity index is 0. The van der Waals surface area contributed by atoms with Crippen molar-refractivity contribution in [3.8, 4) is 0 Å². The standard InChI is InChI=1S/C24H50.H3O3P/c1-4-7-10-13-16-19-22-24(21-18-15-12-9-6-3)23-20-17-14-11-8-5-2;1-4(2)3/h24H,4-23H2,1-3H3;4H,(H2,1,2,3). The van der Waals surface area contributed by atoms with Crippen LogP contribution in [0.15, 0.2) is 0 Å². The molecule has 0 aromatic rings. The zero-order valence-corrected chi connectivity index (χ0v) is 20.5. The summed E-state index contributed by atoms with van der Waals surface area (Å²) < 4.78 is 8.74. The van der Waals surface area contributed by atoms with Gasteiger partial charge in [-0.15, -0.1) is 0 Å². The van der Waals surface area contributed by atoms with Gasteiger partial charge >= 0.3 is 8.25 Å². The molecule has 0 aliphatic carbocycles. The van der Waals surface area contributed by atoms with E-state index in [1.807, 2.05) is 0 Å². The minimum absolute atomic E-state index is 1.05. The molecular formula is C24H53O3P. The van der Waals surface area contributed by atoms with Gasteiger partial charge in [-0.25, -0.2) is 0 Å². The monoisotopic (exact) mass is 420 g/mol. The summed E-state index contributed by atoms with van der Waals surface area (Å²) in [5.41, 5.74) is 0. The molecule has 0 bridgehead atoms. The molecule has 0 saturated heterocycles. The maximum absolute atomic E-state index is 8.74. The summed E-state index contributed by atoms with van der Waals surface area (Å²) >= 11 is 0. The molecule has 4 heteroatoms. The van der Waals surface area contributed by atoms with Gasteiger partial charge in [-0.3, -0.25) is 4.57 Å². The van der Waals surface area contributed by atoms with Gasteiger partial charge in [-0.1, -0.05) is 149 Å². The van der Waals surface area contributed by atoms with Gasteiger partial charge in [0.1, 0.15) is 0 Å². The fraction of sp³-hybridized carbons (Fsp3) is 1.00. The van der Waals surface area contributed by atoms with E-state index in [-0.39, 0.29) is 0 Å². The van der Waals surface area contributed by atoms with Gasteiger partial charge in [0, 0.05) is 0 Å². The van der Waals surface area contributed by atoms with Gasteiger partial charge in [0.15, 0.2) is 0 Å². The summed E-state index contributed by atoms with van der Waals surface area (Å²) in [4.78, 5) is 14.3. The molecule has 0 fully saturated rings. The van der Waals surface area contributed by atoms with Crippen LogP contribution in [0.3, 0.4) is 0 Å². The number of rotatable bonds is 20. The lowest BCUT2D eigenvalue weighted by Gasteiger charge is -2.17. The van der Waals surface area contributed by atoms with E-state index in [0.29, 0.717) is 0 Å². The lowest BCUT2D eigenvalue weighted by molar-refractivity contribution is 0.366. The summed E-state index contributed by atoms with van der Waals surface area (Å²) in [6.45, 7) is 6.95. The fourth-order valence-electron chi connectivity index (χ4n) is 3.90. The first-order valence-electron chi connectivity index (χ1n) is 12.5. The summed E-state index contributed by atoms with van der Waals surface area (Å²) in [7, 11) is -3.13. The van der Waals surface area contributed by atoms with E-state index in [1.165, 1.54) is 128 Å². The fourth-order valence-corrected chi connectivity index (χ4v) is 3.90. The Bertz CT molecular complexity index is 278. The van der Waals surface area contributed by atoms with Crippen LogP contribution < -0.4 is 0 Å². The first-order chi connectivity index (χ1) is 13.6. The summed E-state index contributed by atoms with van der Waals surface area (Å²) in [5.74, 6) is 1.05. The van der Waals surface area contributed by atoms with Crippen molar-refractivity contribution in [1.29, 1.82) is 0 Å². The van der Waals surface area contributed by atoms with Crippen LogP contribution in [0.4, 0.5) is 0 Å². The van der Waals surface area contributed by atoms with Gasteiger partial charge in [0.2, 0.25) is 0 Å². The van der Waals surface area contributed by atoms with Gasteiger partial charge in [0.25, 0.3) is 0 Å². The van der Waals surface area contributed by atoms with Crippen LogP contribution in [-0.4, -0.2) is 9.79 Å². The Labute approximate surface area is 178 Å². The van der Waals surface area contributed by atoms with E-state index in [9.17, 15) is 0 Å². The van der Waals surface area contributed by atoms with Gasteiger partial charge in [0.05, 0.1) is 0 Å². The van der Waals surface area contributed by atoms with E-state index in [0.717, 1.165) is 5.92 Å². The lowest BCUT2D eigenvalue weighted by atomic mass is 9.89. The molecule has 0 heterocycles. The van der Waals surface area contributed by atoms with Crippen LogP contribution in [0.25, 0.3) is 0 Å². The van der Waals surface area contributed by atoms with Crippen molar-refractivity contribution in [3.63, 3.8) is 0 Å². The molecule has 2 N–H and O–H groups in total. The molecule has 0 aromatic heterocycles. The minimum atomic E-state index is -3.13. The molecular weight excluding hydrogens is 367 g/mol. The molecule has 0 amide bonds. The predicted molar refractivity (Wildman–Crippen MR) is 126 cm³/mol. The molecule has 0 aromatic carbocycles. The third kappa shape index (κ3) is 30.9. The topological polar surface area (TPSA) is 57.5 Å². The highest BCUT2D eigenvalue weighted by Crippen LogP contribution is 2.24. The van der Waals surface area contributed by atoms with Crippen molar-refractivity contribution in [1.82, 2.24) is 0 Å². The van der Waals surface area contributed by atoms with Crippen molar-refractivity contribution >= 4 is 8.25 Å². The summed E-state index contributed by atoms with van der Waals surface area (Å²) in [5, 5.41) is 0. The first kappa shape index (κ1) is 30.3. The Morgan fingerprint density at radius 1 is 0.500 bits per heavy atom. The SMILES string of the molecule is CCCCCCCCC(CCCCCCC)CCCCCCCC.O=[PH](O)O. The molecule has 172 valence electrons. The smallest absolute Gasteiger partial charge is 0.314 e. The largest absolute Gasteiger partial charge is 0.326 e. The van der Waals surface area contributed by atoms with E-state index >= 15 is 0 Å². The van der Waals surface area contributed by atoms with Crippen molar-refractivity contribution in [3.05, 3.63) is 0 Å². The Kier molecular flexibility index (Phi) is 29.4. The minimum Gasteiger partial charge on any atom is -0.326 e. The van der Waals surface area contributed by atoms with Gasteiger partial charge in [-0.05, 0) is 5.92 Å². The normalized spacial score (nSPS) is 11.1. The van der Waals surface area contributed by atoms with Crippen LogP contribution in [0, 0.1) is 5.92 Å². The van der Waals surface area contributed by atoms with Gasteiger partial charge < -0.3 is 9.79 Å². The maximum Gasteiger partial charge on any atom is 0.314 e. The van der Waals surface area contributed by atoms with E-state index in [4.69, 9.17) is 14.4 Å². The number of hydrogen-bond donors (Lipinski definition) is 2. The molecule has 0 rings (SSSR count). The number of hydrogen-bond acceptors (Lipinski definition) is 1. The Hall–Kier alpha value is 0.150. The average Bonchev–Trinajstić information content (AvgIpc) is 2.66. The second-order valence-corrected chi connectivity index (χ2v) is 9.03. The third-order valence-electron chi connectivity index (χ3n) is 5.65. The van der Waals surface area contributed by atoms with Crippen molar-refractivity contribution in [2.45, 2.75) is 149 Å². The molecule has 0 atom stereocenters. The molecule has 0 aliphatic heterocycles. The Morgan fingerprint density at radius 3 is 0.964 bits per heavy atom. The quantitative estimate of drug-likeness (QED) is 0.153. The van der Waals surface area contributed by atoms with Crippen molar-refractivity contribution < 1.29 is 14.4 Å². The highest BCUT2D eigenvalue weighted by Gasteiger charge is 2.08. The van der Waals surface area contributed by atoms with Crippen LogP contribution in [0.1, 0.15) is 149 Å². The summed E-state index contributed by atoms with van der Waals surface area (Å²) in [6.07, 6.45) is 29.3. The third-order valence-corrected chi connectivity index (χ3v) is 5.65. The molecule has 0 spiro atoms. The van der Waals surface area contributed by atoms with Gasteiger partial charge in [-0.2, -0.15) is 0 Å². The maximum atomic E-state index is 8.74. The molecule has 0 radical (unpaired) electrons. The van der Waals surface area contributed by atoms with Crippen molar-refractivity contribution in [2.24, 2.45) is 5.92 Å². The molecule has 0 unspecified atom stereocenters. The second kappa shape index (κ2) is 27.1.